The van der Waals surface area contributed by atoms with Gasteiger partial charge in [-0.25, -0.2) is 9.78 Å². The summed E-state index contributed by atoms with van der Waals surface area (Å²) >= 11 is 0. The van der Waals surface area contributed by atoms with Gasteiger partial charge < -0.3 is 20.4 Å². The van der Waals surface area contributed by atoms with Crippen molar-refractivity contribution in [2.24, 2.45) is 0 Å². The summed E-state index contributed by atoms with van der Waals surface area (Å²) in [6.07, 6.45) is 4.11. The molecule has 0 aliphatic heterocycles. The minimum absolute atomic E-state index is 0.239. The highest BCUT2D eigenvalue weighted by molar-refractivity contribution is 5.89. The Morgan fingerprint density at radius 3 is 2.79 bits per heavy atom. The van der Waals surface area contributed by atoms with E-state index < -0.39 is 0 Å². The van der Waals surface area contributed by atoms with Crippen molar-refractivity contribution in [3.8, 4) is 5.75 Å². The second-order valence-electron chi connectivity index (χ2n) is 3.90. The molecular formula is C13H16N4O2. The van der Waals surface area contributed by atoms with Gasteiger partial charge in [0.05, 0.1) is 7.11 Å². The van der Waals surface area contributed by atoms with Crippen molar-refractivity contribution in [2.45, 2.75) is 6.42 Å². The predicted octanol–water partition coefficient (Wildman–Crippen LogP) is 1.78. The highest BCUT2D eigenvalue weighted by atomic mass is 16.5. The SMILES string of the molecule is COc1ccc(NC(=O)NCCc2ncc[nH]2)cc1. The van der Waals surface area contributed by atoms with E-state index in [0.29, 0.717) is 13.0 Å². The van der Waals surface area contributed by atoms with E-state index in [-0.39, 0.29) is 6.03 Å². The fraction of sp³-hybridized carbons (Fsp3) is 0.231. The predicted molar refractivity (Wildman–Crippen MR) is 72.3 cm³/mol. The van der Waals surface area contributed by atoms with Crippen molar-refractivity contribution in [3.63, 3.8) is 0 Å². The van der Waals surface area contributed by atoms with Gasteiger partial charge in [0, 0.05) is 31.0 Å². The maximum Gasteiger partial charge on any atom is 0.319 e. The van der Waals surface area contributed by atoms with E-state index >= 15 is 0 Å². The molecule has 0 unspecified atom stereocenters. The lowest BCUT2D eigenvalue weighted by Crippen LogP contribution is -2.30. The lowest BCUT2D eigenvalue weighted by Gasteiger charge is -2.07. The number of imidazole rings is 1. The first-order valence-electron chi connectivity index (χ1n) is 5.95. The number of anilines is 1. The van der Waals surface area contributed by atoms with Gasteiger partial charge in [-0.05, 0) is 24.3 Å². The normalized spacial score (nSPS) is 9.95. The molecule has 19 heavy (non-hydrogen) atoms. The quantitative estimate of drug-likeness (QED) is 0.766. The number of aromatic nitrogens is 2. The van der Waals surface area contributed by atoms with E-state index in [1.54, 1.807) is 43.8 Å². The van der Waals surface area contributed by atoms with Gasteiger partial charge in [-0.1, -0.05) is 0 Å². The zero-order valence-electron chi connectivity index (χ0n) is 10.6. The lowest BCUT2D eigenvalue weighted by molar-refractivity contribution is 0.252. The molecule has 0 aliphatic rings. The van der Waals surface area contributed by atoms with Crippen LogP contribution in [0.2, 0.25) is 0 Å². The van der Waals surface area contributed by atoms with E-state index in [1.165, 1.54) is 0 Å². The van der Waals surface area contributed by atoms with Crippen LogP contribution in [0.3, 0.4) is 0 Å². The lowest BCUT2D eigenvalue weighted by atomic mass is 10.3. The van der Waals surface area contributed by atoms with Gasteiger partial charge in [-0.2, -0.15) is 0 Å². The summed E-state index contributed by atoms with van der Waals surface area (Å²) in [5, 5.41) is 5.49. The molecular weight excluding hydrogens is 244 g/mol. The van der Waals surface area contributed by atoms with Crippen LogP contribution >= 0.6 is 0 Å². The first kappa shape index (κ1) is 12.9. The zero-order valence-corrected chi connectivity index (χ0v) is 10.6. The fourth-order valence-corrected chi connectivity index (χ4v) is 1.58. The Kier molecular flexibility index (Phi) is 4.39. The van der Waals surface area contributed by atoms with Crippen LogP contribution in [-0.2, 0) is 6.42 Å². The van der Waals surface area contributed by atoms with Gasteiger partial charge in [0.2, 0.25) is 0 Å². The average Bonchev–Trinajstić information content (AvgIpc) is 2.93. The maximum absolute atomic E-state index is 11.6. The van der Waals surface area contributed by atoms with Gasteiger partial charge in [-0.15, -0.1) is 0 Å². The van der Waals surface area contributed by atoms with Crippen LogP contribution in [0.4, 0.5) is 10.5 Å². The number of hydrogen-bond donors (Lipinski definition) is 3. The summed E-state index contributed by atoms with van der Waals surface area (Å²) in [7, 11) is 1.60. The number of methoxy groups -OCH3 is 1. The highest BCUT2D eigenvalue weighted by Gasteiger charge is 2.02. The summed E-state index contributed by atoms with van der Waals surface area (Å²) in [6.45, 7) is 0.523. The number of H-pyrrole nitrogens is 1. The van der Waals surface area contributed by atoms with Gasteiger partial charge in [-0.3, -0.25) is 0 Å². The van der Waals surface area contributed by atoms with Crippen molar-refractivity contribution in [1.29, 1.82) is 0 Å². The maximum atomic E-state index is 11.6. The first-order chi connectivity index (χ1) is 9.28. The molecule has 0 saturated carbocycles. The molecule has 2 rings (SSSR count). The van der Waals surface area contributed by atoms with Crippen LogP contribution in [-0.4, -0.2) is 29.7 Å². The molecule has 2 amide bonds. The Labute approximate surface area is 111 Å². The summed E-state index contributed by atoms with van der Waals surface area (Å²) < 4.78 is 5.04. The molecule has 100 valence electrons. The molecule has 3 N–H and O–H groups in total. The molecule has 6 nitrogen and oxygen atoms in total. The van der Waals surface area contributed by atoms with Crippen LogP contribution in [0.25, 0.3) is 0 Å². The van der Waals surface area contributed by atoms with Crippen molar-refractivity contribution in [1.82, 2.24) is 15.3 Å². The topological polar surface area (TPSA) is 79.0 Å². The summed E-state index contributed by atoms with van der Waals surface area (Å²) in [4.78, 5) is 18.7. The molecule has 0 fully saturated rings. The van der Waals surface area contributed by atoms with Crippen LogP contribution < -0.4 is 15.4 Å². The number of carbonyl (C=O) groups is 1. The first-order valence-corrected chi connectivity index (χ1v) is 5.95. The van der Waals surface area contributed by atoms with E-state index in [1.807, 2.05) is 0 Å². The molecule has 0 aliphatic carbocycles. The summed E-state index contributed by atoms with van der Waals surface area (Å²) in [5.41, 5.74) is 0.719. The number of hydrogen-bond acceptors (Lipinski definition) is 3. The van der Waals surface area contributed by atoms with E-state index in [2.05, 4.69) is 20.6 Å². The molecule has 0 bridgehead atoms. The third kappa shape index (κ3) is 4.02. The molecule has 1 heterocycles. The average molecular weight is 260 g/mol. The standard InChI is InChI=1S/C13H16N4O2/c1-19-11-4-2-10(3-5-11)17-13(18)16-7-6-12-14-8-9-15-12/h2-5,8-9H,6-7H2,1H3,(H,14,15)(H2,16,17,18). The largest absolute Gasteiger partial charge is 0.497 e. The van der Waals surface area contributed by atoms with E-state index in [9.17, 15) is 4.79 Å². The monoisotopic (exact) mass is 260 g/mol. The summed E-state index contributed by atoms with van der Waals surface area (Å²) in [5.74, 6) is 1.61. The summed E-state index contributed by atoms with van der Waals surface area (Å²) in [6, 6.07) is 6.91. The van der Waals surface area contributed by atoms with Crippen LogP contribution in [0.15, 0.2) is 36.7 Å². The Bertz CT molecular complexity index is 508. The van der Waals surface area contributed by atoms with Crippen LogP contribution in [0.1, 0.15) is 5.82 Å². The van der Waals surface area contributed by atoms with E-state index in [4.69, 9.17) is 4.74 Å². The second kappa shape index (κ2) is 6.44. The van der Waals surface area contributed by atoms with Gasteiger partial charge >= 0.3 is 6.03 Å². The number of aromatic amines is 1. The second-order valence-corrected chi connectivity index (χ2v) is 3.90. The minimum atomic E-state index is -0.239. The van der Waals surface area contributed by atoms with Crippen molar-refractivity contribution >= 4 is 11.7 Å². The number of nitrogens with one attached hydrogen (secondary N) is 3. The molecule has 1 aromatic heterocycles. The smallest absolute Gasteiger partial charge is 0.319 e. The molecule has 2 aromatic rings. The number of ether oxygens (including phenoxy) is 1. The van der Waals surface area contributed by atoms with Crippen molar-refractivity contribution in [2.75, 3.05) is 19.0 Å². The van der Waals surface area contributed by atoms with Gasteiger partial charge in [0.25, 0.3) is 0 Å². The Morgan fingerprint density at radius 1 is 1.37 bits per heavy atom. The van der Waals surface area contributed by atoms with Gasteiger partial charge in [0.1, 0.15) is 11.6 Å². The number of urea groups is 1. The van der Waals surface area contributed by atoms with Crippen LogP contribution in [0.5, 0.6) is 5.75 Å². The fourth-order valence-electron chi connectivity index (χ4n) is 1.58. The number of amides is 2. The molecule has 0 atom stereocenters. The number of nitrogens with zero attached hydrogens (tertiary/aromatic N) is 1. The van der Waals surface area contributed by atoms with Crippen LogP contribution in [0, 0.1) is 0 Å². The van der Waals surface area contributed by atoms with Crippen molar-refractivity contribution in [3.05, 3.63) is 42.5 Å². The molecule has 0 saturated heterocycles. The Hall–Kier alpha value is -2.50. The minimum Gasteiger partial charge on any atom is -0.497 e. The number of carbonyl (C=O) groups excluding carboxylic acids is 1. The third-order valence-electron chi connectivity index (χ3n) is 2.55. The molecule has 6 heteroatoms. The molecule has 0 radical (unpaired) electrons. The third-order valence-corrected chi connectivity index (χ3v) is 2.55. The Morgan fingerprint density at radius 2 is 2.16 bits per heavy atom. The number of rotatable bonds is 5. The molecule has 1 aromatic carbocycles. The molecule has 0 spiro atoms. The Balaban J connectivity index is 1.74. The zero-order chi connectivity index (χ0) is 13.5. The number of benzene rings is 1. The van der Waals surface area contributed by atoms with E-state index in [0.717, 1.165) is 17.3 Å². The van der Waals surface area contributed by atoms with Crippen molar-refractivity contribution < 1.29 is 9.53 Å². The highest BCUT2D eigenvalue weighted by Crippen LogP contribution is 2.14. The van der Waals surface area contributed by atoms with Gasteiger partial charge in [0.15, 0.2) is 0 Å².